The number of halogens is 2. The smallest absolute Gasteiger partial charge is 0.255 e. The van der Waals surface area contributed by atoms with Crippen LogP contribution in [0.2, 0.25) is 5.02 Å². The van der Waals surface area contributed by atoms with E-state index < -0.39 is 0 Å². The summed E-state index contributed by atoms with van der Waals surface area (Å²) in [4.78, 5) is 14.8. The van der Waals surface area contributed by atoms with Gasteiger partial charge >= 0.3 is 0 Å². The van der Waals surface area contributed by atoms with Crippen LogP contribution in [0.4, 0.5) is 0 Å². The number of thioether (sulfide) groups is 1. The van der Waals surface area contributed by atoms with Crippen molar-refractivity contribution in [3.8, 4) is 11.5 Å². The van der Waals surface area contributed by atoms with Crippen LogP contribution in [0.25, 0.3) is 0 Å². The Labute approximate surface area is 169 Å². The van der Waals surface area contributed by atoms with Crippen molar-refractivity contribution in [3.63, 3.8) is 0 Å². The molecule has 2 heterocycles. The molecule has 0 bridgehead atoms. The number of fused-ring (bicyclic) bond motifs is 1. The van der Waals surface area contributed by atoms with Crippen LogP contribution in [0.3, 0.4) is 0 Å². The number of carbonyl (C=O) groups excluding carboxylic acids is 1. The molecule has 0 aromatic heterocycles. The van der Waals surface area contributed by atoms with Gasteiger partial charge in [-0.25, -0.2) is 0 Å². The van der Waals surface area contributed by atoms with Crippen LogP contribution in [0.15, 0.2) is 40.9 Å². The first-order valence-corrected chi connectivity index (χ1v) is 10.6. The zero-order valence-electron chi connectivity index (χ0n) is 13.9. The van der Waals surface area contributed by atoms with Crippen LogP contribution in [0.5, 0.6) is 11.5 Å². The van der Waals surface area contributed by atoms with Gasteiger partial charge in [-0.3, -0.25) is 4.79 Å². The van der Waals surface area contributed by atoms with E-state index in [-0.39, 0.29) is 12.7 Å². The Balaban J connectivity index is 1.48. The van der Waals surface area contributed by atoms with Crippen molar-refractivity contribution in [3.05, 3.63) is 57.0 Å². The highest BCUT2D eigenvalue weighted by atomic mass is 79.9. The first-order valence-electron chi connectivity index (χ1n) is 8.37. The first-order chi connectivity index (χ1) is 12.6. The molecular formula is C19H17BrClNO3S. The van der Waals surface area contributed by atoms with Crippen LogP contribution < -0.4 is 9.47 Å². The average Bonchev–Trinajstić information content (AvgIpc) is 2.98. The van der Waals surface area contributed by atoms with E-state index in [2.05, 4.69) is 28.1 Å². The fourth-order valence-corrected chi connectivity index (χ4v) is 4.97. The number of nitrogens with zero attached hydrogens (tertiary/aromatic N) is 1. The van der Waals surface area contributed by atoms with Gasteiger partial charge in [0.25, 0.3) is 5.91 Å². The summed E-state index contributed by atoms with van der Waals surface area (Å²) in [6, 6.07) is 11.5. The van der Waals surface area contributed by atoms with E-state index in [0.29, 0.717) is 28.9 Å². The van der Waals surface area contributed by atoms with Gasteiger partial charge in [-0.2, -0.15) is 11.8 Å². The first kappa shape index (κ1) is 18.0. The highest BCUT2D eigenvalue weighted by Gasteiger charge is 2.25. The molecule has 7 heteroatoms. The molecule has 1 atom stereocenters. The maximum Gasteiger partial charge on any atom is 0.255 e. The summed E-state index contributed by atoms with van der Waals surface area (Å²) < 4.78 is 11.7. The van der Waals surface area contributed by atoms with Crippen LogP contribution in [-0.2, 0) is 0 Å². The minimum Gasteiger partial charge on any atom is -0.454 e. The number of hydrogen-bond acceptors (Lipinski definition) is 4. The third-order valence-corrected chi connectivity index (χ3v) is 6.71. The highest BCUT2D eigenvalue weighted by Crippen LogP contribution is 2.40. The molecule has 136 valence electrons. The van der Waals surface area contributed by atoms with Crippen molar-refractivity contribution in [2.45, 2.75) is 11.7 Å². The van der Waals surface area contributed by atoms with Crippen LogP contribution in [-0.4, -0.2) is 36.4 Å². The molecule has 26 heavy (non-hydrogen) atoms. The Kier molecular flexibility index (Phi) is 5.34. The minimum atomic E-state index is -0.0109. The van der Waals surface area contributed by atoms with E-state index >= 15 is 0 Å². The summed E-state index contributed by atoms with van der Waals surface area (Å²) in [7, 11) is 0. The van der Waals surface area contributed by atoms with Gasteiger partial charge in [0.05, 0.1) is 10.6 Å². The number of amides is 1. The molecule has 2 aromatic carbocycles. The minimum absolute atomic E-state index is 0.0109. The van der Waals surface area contributed by atoms with Crippen molar-refractivity contribution in [1.82, 2.24) is 4.90 Å². The Morgan fingerprint density at radius 1 is 1.15 bits per heavy atom. The van der Waals surface area contributed by atoms with Crippen LogP contribution in [0, 0.1) is 0 Å². The zero-order valence-corrected chi connectivity index (χ0v) is 17.1. The van der Waals surface area contributed by atoms with Crippen molar-refractivity contribution >= 4 is 45.2 Å². The number of rotatable bonds is 2. The standard InChI is InChI=1S/C19H17BrClNO3S/c20-13-2-3-15(21)14(10-13)19(23)22-6-5-18(26-8-7-22)12-1-4-16-17(9-12)25-11-24-16/h1-4,9-10,18H,5-8,11H2. The molecule has 0 saturated carbocycles. The molecule has 2 aliphatic rings. The molecule has 1 amide bonds. The summed E-state index contributed by atoms with van der Waals surface area (Å²) in [5.41, 5.74) is 1.77. The van der Waals surface area contributed by atoms with E-state index in [1.807, 2.05) is 28.8 Å². The predicted octanol–water partition coefficient (Wildman–Crippen LogP) is 5.15. The Bertz CT molecular complexity index is 848. The molecule has 1 unspecified atom stereocenters. The molecule has 1 saturated heterocycles. The van der Waals surface area contributed by atoms with Gasteiger partial charge in [0.15, 0.2) is 11.5 Å². The molecule has 0 N–H and O–H groups in total. The predicted molar refractivity (Wildman–Crippen MR) is 107 cm³/mol. The lowest BCUT2D eigenvalue weighted by atomic mass is 10.1. The molecule has 0 radical (unpaired) electrons. The van der Waals surface area contributed by atoms with Crippen molar-refractivity contribution in [2.75, 3.05) is 25.6 Å². The molecular weight excluding hydrogens is 438 g/mol. The van der Waals surface area contributed by atoms with Crippen LogP contribution in [0.1, 0.15) is 27.6 Å². The molecule has 1 fully saturated rings. The van der Waals surface area contributed by atoms with Gasteiger partial charge in [-0.15, -0.1) is 0 Å². The number of hydrogen-bond donors (Lipinski definition) is 0. The monoisotopic (exact) mass is 453 g/mol. The van der Waals surface area contributed by atoms with Crippen LogP contribution >= 0.6 is 39.3 Å². The summed E-state index contributed by atoms with van der Waals surface area (Å²) in [5.74, 6) is 2.48. The molecule has 4 rings (SSSR count). The molecule has 0 aliphatic carbocycles. The van der Waals surface area contributed by atoms with Crippen molar-refractivity contribution < 1.29 is 14.3 Å². The normalized spacial score (nSPS) is 19.3. The third kappa shape index (κ3) is 3.68. The Hall–Kier alpha value is -1.37. The summed E-state index contributed by atoms with van der Waals surface area (Å²) in [5, 5.41) is 0.822. The average molecular weight is 455 g/mol. The summed E-state index contributed by atoms with van der Waals surface area (Å²) in [6.45, 7) is 1.70. The van der Waals surface area contributed by atoms with E-state index in [1.165, 1.54) is 5.56 Å². The van der Waals surface area contributed by atoms with Gasteiger partial charge in [-0.05, 0) is 42.3 Å². The van der Waals surface area contributed by atoms with Crippen molar-refractivity contribution in [2.24, 2.45) is 0 Å². The fourth-order valence-electron chi connectivity index (χ4n) is 3.18. The largest absolute Gasteiger partial charge is 0.454 e. The molecule has 2 aromatic rings. The third-order valence-electron chi connectivity index (χ3n) is 4.56. The zero-order chi connectivity index (χ0) is 18.1. The van der Waals surface area contributed by atoms with E-state index in [9.17, 15) is 4.79 Å². The van der Waals surface area contributed by atoms with E-state index in [0.717, 1.165) is 28.1 Å². The summed E-state index contributed by atoms with van der Waals surface area (Å²) in [6.07, 6.45) is 0.891. The second-order valence-electron chi connectivity index (χ2n) is 6.18. The van der Waals surface area contributed by atoms with Crippen molar-refractivity contribution in [1.29, 1.82) is 0 Å². The lowest BCUT2D eigenvalue weighted by Gasteiger charge is -2.21. The fraction of sp³-hybridized carbons (Fsp3) is 0.316. The van der Waals surface area contributed by atoms with Gasteiger partial charge < -0.3 is 14.4 Å². The number of carbonyl (C=O) groups is 1. The van der Waals surface area contributed by atoms with E-state index in [4.69, 9.17) is 21.1 Å². The van der Waals surface area contributed by atoms with Gasteiger partial charge in [0.1, 0.15) is 0 Å². The maximum atomic E-state index is 12.9. The lowest BCUT2D eigenvalue weighted by molar-refractivity contribution is 0.0766. The SMILES string of the molecule is O=C(c1cc(Br)ccc1Cl)N1CCSC(c2ccc3c(c2)OCO3)CC1. The molecule has 0 spiro atoms. The number of benzene rings is 2. The Morgan fingerprint density at radius 3 is 2.88 bits per heavy atom. The molecule has 2 aliphatic heterocycles. The van der Waals surface area contributed by atoms with E-state index in [1.54, 1.807) is 12.1 Å². The topological polar surface area (TPSA) is 38.8 Å². The highest BCUT2D eigenvalue weighted by molar-refractivity contribution is 9.10. The molecule has 4 nitrogen and oxygen atoms in total. The van der Waals surface area contributed by atoms with Gasteiger partial charge in [-0.1, -0.05) is 33.6 Å². The Morgan fingerprint density at radius 2 is 2.00 bits per heavy atom. The quantitative estimate of drug-likeness (QED) is 0.629. The van der Waals surface area contributed by atoms with Gasteiger partial charge in [0, 0.05) is 28.6 Å². The van der Waals surface area contributed by atoms with Gasteiger partial charge in [0.2, 0.25) is 6.79 Å². The number of ether oxygens (including phenoxy) is 2. The second-order valence-corrected chi connectivity index (χ2v) is 8.81. The second kappa shape index (κ2) is 7.71. The maximum absolute atomic E-state index is 12.9. The summed E-state index contributed by atoms with van der Waals surface area (Å²) >= 11 is 11.5. The lowest BCUT2D eigenvalue weighted by Crippen LogP contribution is -2.33.